The predicted molar refractivity (Wildman–Crippen MR) is 53.5 cm³/mol. The first-order chi connectivity index (χ1) is 6.22. The molecule has 0 radical (unpaired) electrons. The van der Waals surface area contributed by atoms with Gasteiger partial charge in [-0.2, -0.15) is 0 Å². The Labute approximate surface area is 82.6 Å². The van der Waals surface area contributed by atoms with E-state index >= 15 is 0 Å². The summed E-state index contributed by atoms with van der Waals surface area (Å²) < 4.78 is 26.9. The molecule has 0 saturated heterocycles. The first kappa shape index (κ1) is 8.97. The largest absolute Gasteiger partial charge is 0.207 e. The molecule has 1 aromatic heterocycles. The molecule has 0 unspecified atom stereocenters. The lowest BCUT2D eigenvalue weighted by Crippen LogP contribution is -1.78. The molecule has 1 heterocycles. The fraction of sp³-hybridized carbons (Fsp3) is 0.111. The van der Waals surface area contributed by atoms with Gasteiger partial charge in [-0.15, -0.1) is 23.1 Å². The zero-order valence-corrected chi connectivity index (χ0v) is 8.44. The van der Waals surface area contributed by atoms with E-state index < -0.39 is 0 Å². The number of fused-ring (bicyclic) bond motifs is 1. The van der Waals surface area contributed by atoms with E-state index in [1.54, 1.807) is 0 Å². The van der Waals surface area contributed by atoms with Gasteiger partial charge in [0.25, 0.3) is 0 Å². The van der Waals surface area contributed by atoms with Crippen LogP contribution in [0.15, 0.2) is 22.4 Å². The lowest BCUT2D eigenvalue weighted by molar-refractivity contribution is 0.621. The van der Waals surface area contributed by atoms with Crippen LogP contribution in [0.3, 0.4) is 0 Å². The van der Waals surface area contributed by atoms with Gasteiger partial charge in [0.2, 0.25) is 0 Å². The molecule has 0 aliphatic rings. The summed E-state index contributed by atoms with van der Waals surface area (Å²) in [5.41, 5.74) is 0. The molecule has 0 spiro atoms. The van der Waals surface area contributed by atoms with Gasteiger partial charge in [-0.25, -0.2) is 8.78 Å². The van der Waals surface area contributed by atoms with Crippen LogP contribution in [0.1, 0.15) is 0 Å². The Morgan fingerprint density at radius 3 is 2.77 bits per heavy atom. The van der Waals surface area contributed by atoms with E-state index in [1.165, 1.54) is 40.6 Å². The fourth-order valence-electron chi connectivity index (χ4n) is 1.19. The SMILES string of the molecule is CSc1cc(F)cc2c(F)csc12. The molecular formula is C9H6F2S2. The van der Waals surface area contributed by atoms with Crippen LogP contribution in [0.25, 0.3) is 10.1 Å². The minimum Gasteiger partial charge on any atom is -0.207 e. The van der Waals surface area contributed by atoms with Gasteiger partial charge in [0.15, 0.2) is 0 Å². The van der Waals surface area contributed by atoms with Crippen molar-refractivity contribution < 1.29 is 8.78 Å². The maximum Gasteiger partial charge on any atom is 0.141 e. The normalized spacial score (nSPS) is 11.0. The Morgan fingerprint density at radius 2 is 2.08 bits per heavy atom. The zero-order valence-electron chi connectivity index (χ0n) is 6.80. The number of benzene rings is 1. The number of rotatable bonds is 1. The molecule has 0 nitrogen and oxygen atoms in total. The van der Waals surface area contributed by atoms with Crippen LogP contribution in [0.2, 0.25) is 0 Å². The minimum absolute atomic E-state index is 0.338. The molecule has 0 fully saturated rings. The van der Waals surface area contributed by atoms with Crippen molar-refractivity contribution >= 4 is 33.2 Å². The maximum atomic E-state index is 13.1. The molecule has 1 aromatic carbocycles. The van der Waals surface area contributed by atoms with Crippen molar-refractivity contribution in [1.82, 2.24) is 0 Å². The second-order valence-electron chi connectivity index (χ2n) is 2.57. The van der Waals surface area contributed by atoms with Gasteiger partial charge in [0.05, 0.1) is 4.70 Å². The summed E-state index contributed by atoms with van der Waals surface area (Å²) in [6.45, 7) is 0. The topological polar surface area (TPSA) is 0 Å². The van der Waals surface area contributed by atoms with Crippen molar-refractivity contribution in [3.63, 3.8) is 0 Å². The second kappa shape index (κ2) is 3.27. The van der Waals surface area contributed by atoms with E-state index in [1.807, 2.05) is 6.26 Å². The van der Waals surface area contributed by atoms with E-state index in [2.05, 4.69) is 0 Å². The highest BCUT2D eigenvalue weighted by atomic mass is 32.2. The van der Waals surface area contributed by atoms with Gasteiger partial charge in [0.1, 0.15) is 11.6 Å². The molecule has 0 aliphatic carbocycles. The van der Waals surface area contributed by atoms with Crippen molar-refractivity contribution in [3.8, 4) is 0 Å². The first-order valence-electron chi connectivity index (χ1n) is 3.62. The Kier molecular flexibility index (Phi) is 2.26. The van der Waals surface area contributed by atoms with Gasteiger partial charge < -0.3 is 0 Å². The third-order valence-electron chi connectivity index (χ3n) is 1.78. The third-order valence-corrected chi connectivity index (χ3v) is 3.67. The molecule has 2 rings (SSSR count). The van der Waals surface area contributed by atoms with Gasteiger partial charge in [-0.05, 0) is 18.4 Å². The Balaban J connectivity index is 2.84. The average Bonchev–Trinajstić information content (AvgIpc) is 2.47. The summed E-state index contributed by atoms with van der Waals surface area (Å²) in [6, 6.07) is 2.67. The highest BCUT2D eigenvalue weighted by molar-refractivity contribution is 7.99. The number of hydrogen-bond donors (Lipinski definition) is 0. The van der Waals surface area contributed by atoms with Crippen LogP contribution in [-0.4, -0.2) is 6.26 Å². The molecule has 0 aliphatic heterocycles. The van der Waals surface area contributed by atoms with Crippen molar-refractivity contribution in [2.24, 2.45) is 0 Å². The van der Waals surface area contributed by atoms with Crippen molar-refractivity contribution in [2.45, 2.75) is 4.90 Å². The highest BCUT2D eigenvalue weighted by Gasteiger charge is 2.09. The zero-order chi connectivity index (χ0) is 9.42. The van der Waals surface area contributed by atoms with Crippen LogP contribution < -0.4 is 0 Å². The van der Waals surface area contributed by atoms with E-state index in [9.17, 15) is 8.78 Å². The lowest BCUT2D eigenvalue weighted by atomic mass is 10.2. The second-order valence-corrected chi connectivity index (χ2v) is 4.30. The smallest absolute Gasteiger partial charge is 0.141 e. The fourth-order valence-corrected chi connectivity index (χ4v) is 2.92. The van der Waals surface area contributed by atoms with E-state index in [4.69, 9.17) is 0 Å². The predicted octanol–water partition coefficient (Wildman–Crippen LogP) is 3.90. The van der Waals surface area contributed by atoms with Crippen molar-refractivity contribution in [2.75, 3.05) is 6.26 Å². The van der Waals surface area contributed by atoms with Crippen molar-refractivity contribution in [1.29, 1.82) is 0 Å². The van der Waals surface area contributed by atoms with Gasteiger partial charge >= 0.3 is 0 Å². The summed E-state index contributed by atoms with van der Waals surface area (Å²) in [4.78, 5) is 0.795. The summed E-state index contributed by atoms with van der Waals surface area (Å²) in [5, 5.41) is 1.79. The molecule has 0 amide bonds. The molecule has 0 N–H and O–H groups in total. The number of thiophene rings is 1. The Hall–Kier alpha value is -0.610. The summed E-state index contributed by atoms with van der Waals surface area (Å²) in [7, 11) is 0. The maximum absolute atomic E-state index is 13.1. The number of halogens is 2. The minimum atomic E-state index is -0.380. The molecular weight excluding hydrogens is 210 g/mol. The molecule has 4 heteroatoms. The van der Waals surface area contributed by atoms with E-state index in [-0.39, 0.29) is 11.6 Å². The molecule has 68 valence electrons. The number of hydrogen-bond acceptors (Lipinski definition) is 2. The highest BCUT2D eigenvalue weighted by Crippen LogP contribution is 2.33. The van der Waals surface area contributed by atoms with Crippen LogP contribution in [0.4, 0.5) is 8.78 Å². The van der Waals surface area contributed by atoms with E-state index in [0.29, 0.717) is 5.39 Å². The van der Waals surface area contributed by atoms with Gasteiger partial charge in [-0.3, -0.25) is 0 Å². The third kappa shape index (κ3) is 1.44. The lowest BCUT2D eigenvalue weighted by Gasteiger charge is -1.98. The van der Waals surface area contributed by atoms with Crippen LogP contribution in [0, 0.1) is 11.6 Å². The Morgan fingerprint density at radius 1 is 1.31 bits per heavy atom. The van der Waals surface area contributed by atoms with E-state index in [0.717, 1.165) is 9.60 Å². The molecule has 0 bridgehead atoms. The van der Waals surface area contributed by atoms with Crippen LogP contribution in [-0.2, 0) is 0 Å². The molecule has 0 saturated carbocycles. The van der Waals surface area contributed by atoms with Crippen LogP contribution >= 0.6 is 23.1 Å². The summed E-state index contributed by atoms with van der Waals surface area (Å²) in [6.07, 6.45) is 1.85. The van der Waals surface area contributed by atoms with Crippen LogP contribution in [0.5, 0.6) is 0 Å². The molecule has 2 aromatic rings. The van der Waals surface area contributed by atoms with Gasteiger partial charge in [-0.1, -0.05) is 0 Å². The monoisotopic (exact) mass is 216 g/mol. The van der Waals surface area contributed by atoms with Crippen molar-refractivity contribution in [3.05, 3.63) is 29.1 Å². The molecule has 0 atom stereocenters. The van der Waals surface area contributed by atoms with Gasteiger partial charge in [0, 0.05) is 15.7 Å². The quantitative estimate of drug-likeness (QED) is 0.651. The summed E-state index contributed by atoms with van der Waals surface area (Å²) >= 11 is 2.74. The number of thioether (sulfide) groups is 1. The first-order valence-corrected chi connectivity index (χ1v) is 5.73. The summed E-state index contributed by atoms with van der Waals surface area (Å²) in [5.74, 6) is -0.719. The average molecular weight is 216 g/mol. The Bertz CT molecular complexity index is 448. The standard InChI is InChI=1S/C9H6F2S2/c1-12-8-3-5(10)2-6-7(11)4-13-9(6)8/h2-4H,1H3. The molecule has 13 heavy (non-hydrogen) atoms.